The van der Waals surface area contributed by atoms with Crippen LogP contribution in [0, 0.1) is 0 Å². The average Bonchev–Trinajstić information content (AvgIpc) is 2.41. The van der Waals surface area contributed by atoms with Gasteiger partial charge in [-0.25, -0.2) is 0 Å². The molecule has 0 atom stereocenters. The number of amides is 1. The third-order valence-electron chi connectivity index (χ3n) is 2.61. The van der Waals surface area contributed by atoms with Crippen molar-refractivity contribution < 1.29 is 9.53 Å². The summed E-state index contributed by atoms with van der Waals surface area (Å²) < 4.78 is 5.98. The van der Waals surface area contributed by atoms with E-state index in [9.17, 15) is 4.79 Å². The summed E-state index contributed by atoms with van der Waals surface area (Å²) in [6, 6.07) is 12.2. The van der Waals surface area contributed by atoms with E-state index in [-0.39, 0.29) is 5.91 Å². The fourth-order valence-electron chi connectivity index (χ4n) is 1.58. The minimum absolute atomic E-state index is 0.204. The molecule has 0 aliphatic rings. The Morgan fingerprint density at radius 2 is 1.89 bits per heavy atom. The minimum atomic E-state index is -0.204. The van der Waals surface area contributed by atoms with E-state index in [1.165, 1.54) is 0 Å². The number of carbonyl (C=O) groups excluding carboxylic acids is 1. The smallest absolute Gasteiger partial charge is 0.255 e. The highest BCUT2D eigenvalue weighted by Gasteiger charge is 2.08. The molecule has 0 bridgehead atoms. The lowest BCUT2D eigenvalue weighted by atomic mass is 10.2. The second-order valence-corrected chi connectivity index (χ2v) is 4.83. The SMILES string of the molecule is COc1ccc(NC(=O)c2ccc(Br)cc2)c(N)c1. The third kappa shape index (κ3) is 3.26. The van der Waals surface area contributed by atoms with Crippen LogP contribution in [0.2, 0.25) is 0 Å². The van der Waals surface area contributed by atoms with Crippen LogP contribution in [0.15, 0.2) is 46.9 Å². The molecule has 98 valence electrons. The van der Waals surface area contributed by atoms with Gasteiger partial charge >= 0.3 is 0 Å². The predicted octanol–water partition coefficient (Wildman–Crippen LogP) is 3.29. The Bertz CT molecular complexity index is 597. The Labute approximate surface area is 119 Å². The van der Waals surface area contributed by atoms with Gasteiger partial charge in [0.15, 0.2) is 0 Å². The van der Waals surface area contributed by atoms with Gasteiger partial charge in [-0.2, -0.15) is 0 Å². The molecule has 2 aromatic carbocycles. The quantitative estimate of drug-likeness (QED) is 0.853. The van der Waals surface area contributed by atoms with Crippen LogP contribution in [0.5, 0.6) is 5.75 Å². The van der Waals surface area contributed by atoms with Gasteiger partial charge in [-0.05, 0) is 36.4 Å². The molecule has 19 heavy (non-hydrogen) atoms. The first kappa shape index (κ1) is 13.4. The van der Waals surface area contributed by atoms with E-state index in [1.807, 2.05) is 12.1 Å². The van der Waals surface area contributed by atoms with Gasteiger partial charge in [-0.1, -0.05) is 15.9 Å². The van der Waals surface area contributed by atoms with E-state index in [0.29, 0.717) is 22.7 Å². The number of nitrogens with two attached hydrogens (primary N) is 1. The number of nitrogens with one attached hydrogen (secondary N) is 1. The lowest BCUT2D eigenvalue weighted by molar-refractivity contribution is 0.102. The number of halogens is 1. The molecule has 0 aromatic heterocycles. The number of hydrogen-bond acceptors (Lipinski definition) is 3. The zero-order valence-electron chi connectivity index (χ0n) is 10.3. The fraction of sp³-hybridized carbons (Fsp3) is 0.0714. The Morgan fingerprint density at radius 3 is 2.47 bits per heavy atom. The van der Waals surface area contributed by atoms with Gasteiger partial charge < -0.3 is 15.8 Å². The molecule has 0 aliphatic carbocycles. The number of anilines is 2. The monoisotopic (exact) mass is 320 g/mol. The zero-order valence-corrected chi connectivity index (χ0v) is 11.9. The van der Waals surface area contributed by atoms with E-state index < -0.39 is 0 Å². The molecule has 0 fully saturated rings. The van der Waals surface area contributed by atoms with Crippen LogP contribution in [0.25, 0.3) is 0 Å². The summed E-state index contributed by atoms with van der Waals surface area (Å²) in [5.74, 6) is 0.448. The first-order valence-corrected chi connectivity index (χ1v) is 6.40. The van der Waals surface area contributed by atoms with E-state index in [1.54, 1.807) is 37.4 Å². The van der Waals surface area contributed by atoms with E-state index >= 15 is 0 Å². The molecule has 0 aliphatic heterocycles. The van der Waals surface area contributed by atoms with Crippen LogP contribution in [-0.4, -0.2) is 13.0 Å². The van der Waals surface area contributed by atoms with Gasteiger partial charge in [-0.15, -0.1) is 0 Å². The molecular weight excluding hydrogens is 308 g/mol. The van der Waals surface area contributed by atoms with E-state index in [2.05, 4.69) is 21.2 Å². The Balaban J connectivity index is 2.17. The standard InChI is InChI=1S/C14H13BrN2O2/c1-19-11-6-7-13(12(16)8-11)17-14(18)9-2-4-10(15)5-3-9/h2-8H,16H2,1H3,(H,17,18). The van der Waals surface area contributed by atoms with Gasteiger partial charge in [0, 0.05) is 16.1 Å². The molecule has 0 radical (unpaired) electrons. The highest BCUT2D eigenvalue weighted by atomic mass is 79.9. The van der Waals surface area contributed by atoms with Crippen molar-refractivity contribution in [3.63, 3.8) is 0 Å². The normalized spacial score (nSPS) is 10.0. The molecule has 0 heterocycles. The maximum absolute atomic E-state index is 12.0. The van der Waals surface area contributed by atoms with Crippen molar-refractivity contribution in [2.24, 2.45) is 0 Å². The highest BCUT2D eigenvalue weighted by Crippen LogP contribution is 2.24. The summed E-state index contributed by atoms with van der Waals surface area (Å²) in [7, 11) is 1.56. The molecular formula is C14H13BrN2O2. The maximum atomic E-state index is 12.0. The molecule has 0 saturated carbocycles. The molecule has 2 aromatic rings. The van der Waals surface area contributed by atoms with E-state index in [0.717, 1.165) is 4.47 Å². The fourth-order valence-corrected chi connectivity index (χ4v) is 1.84. The van der Waals surface area contributed by atoms with Crippen LogP contribution >= 0.6 is 15.9 Å². The Hall–Kier alpha value is -2.01. The van der Waals surface area contributed by atoms with Crippen LogP contribution in [0.1, 0.15) is 10.4 Å². The number of methoxy groups -OCH3 is 1. The predicted molar refractivity (Wildman–Crippen MR) is 79.5 cm³/mol. The zero-order chi connectivity index (χ0) is 13.8. The summed E-state index contributed by atoms with van der Waals surface area (Å²) >= 11 is 3.32. The van der Waals surface area contributed by atoms with Crippen molar-refractivity contribution in [2.75, 3.05) is 18.2 Å². The van der Waals surface area contributed by atoms with Crippen molar-refractivity contribution in [2.45, 2.75) is 0 Å². The Morgan fingerprint density at radius 1 is 1.21 bits per heavy atom. The number of hydrogen-bond donors (Lipinski definition) is 2. The van der Waals surface area contributed by atoms with Crippen molar-refractivity contribution in [1.82, 2.24) is 0 Å². The van der Waals surface area contributed by atoms with E-state index in [4.69, 9.17) is 10.5 Å². The number of rotatable bonds is 3. The highest BCUT2D eigenvalue weighted by molar-refractivity contribution is 9.10. The largest absolute Gasteiger partial charge is 0.497 e. The summed E-state index contributed by atoms with van der Waals surface area (Å²) in [5, 5.41) is 2.76. The molecule has 0 spiro atoms. The lowest BCUT2D eigenvalue weighted by Gasteiger charge is -2.09. The first-order chi connectivity index (χ1) is 9.10. The van der Waals surface area contributed by atoms with Crippen molar-refractivity contribution in [3.8, 4) is 5.75 Å². The molecule has 1 amide bonds. The summed E-state index contributed by atoms with van der Waals surface area (Å²) in [5.41, 5.74) is 7.44. The molecule has 0 unspecified atom stereocenters. The average molecular weight is 321 g/mol. The third-order valence-corrected chi connectivity index (χ3v) is 3.14. The van der Waals surface area contributed by atoms with Crippen LogP contribution in [0.4, 0.5) is 11.4 Å². The lowest BCUT2D eigenvalue weighted by Crippen LogP contribution is -2.13. The first-order valence-electron chi connectivity index (χ1n) is 5.60. The van der Waals surface area contributed by atoms with Crippen molar-refractivity contribution >= 4 is 33.2 Å². The van der Waals surface area contributed by atoms with Crippen molar-refractivity contribution in [1.29, 1.82) is 0 Å². The number of ether oxygens (including phenoxy) is 1. The summed E-state index contributed by atoms with van der Waals surface area (Å²) in [4.78, 5) is 12.0. The van der Waals surface area contributed by atoms with Gasteiger partial charge in [-0.3, -0.25) is 4.79 Å². The second kappa shape index (κ2) is 5.75. The van der Waals surface area contributed by atoms with Gasteiger partial charge in [0.1, 0.15) is 5.75 Å². The molecule has 0 saturated heterocycles. The number of nitrogen functional groups attached to an aromatic ring is 1. The topological polar surface area (TPSA) is 64.3 Å². The molecule has 3 N–H and O–H groups in total. The van der Waals surface area contributed by atoms with Crippen LogP contribution < -0.4 is 15.8 Å². The molecule has 5 heteroatoms. The van der Waals surface area contributed by atoms with Crippen LogP contribution in [0.3, 0.4) is 0 Å². The summed E-state index contributed by atoms with van der Waals surface area (Å²) in [6.45, 7) is 0. The number of carbonyl (C=O) groups is 1. The van der Waals surface area contributed by atoms with Gasteiger partial charge in [0.25, 0.3) is 5.91 Å². The van der Waals surface area contributed by atoms with Crippen LogP contribution in [-0.2, 0) is 0 Å². The number of benzene rings is 2. The van der Waals surface area contributed by atoms with Gasteiger partial charge in [0.2, 0.25) is 0 Å². The van der Waals surface area contributed by atoms with Gasteiger partial charge in [0.05, 0.1) is 18.5 Å². The maximum Gasteiger partial charge on any atom is 0.255 e. The molecule has 2 rings (SSSR count). The summed E-state index contributed by atoms with van der Waals surface area (Å²) in [6.07, 6.45) is 0. The second-order valence-electron chi connectivity index (χ2n) is 3.91. The minimum Gasteiger partial charge on any atom is -0.497 e. The Kier molecular flexibility index (Phi) is 4.06. The van der Waals surface area contributed by atoms with Crippen molar-refractivity contribution in [3.05, 3.63) is 52.5 Å². The molecule has 4 nitrogen and oxygen atoms in total.